The number of dihydropyridines is 1. The predicted octanol–water partition coefficient (Wildman–Crippen LogP) is 0.919. The van der Waals surface area contributed by atoms with Gasteiger partial charge in [0.05, 0.1) is 48.0 Å². The first-order valence-corrected chi connectivity index (χ1v) is 11.0. The van der Waals surface area contributed by atoms with E-state index in [4.69, 9.17) is 22.3 Å². The van der Waals surface area contributed by atoms with Crippen molar-refractivity contribution in [2.75, 3.05) is 30.5 Å². The molecule has 0 aliphatic carbocycles. The van der Waals surface area contributed by atoms with Crippen molar-refractivity contribution in [1.82, 2.24) is 19.9 Å². The van der Waals surface area contributed by atoms with Crippen LogP contribution in [0.3, 0.4) is 0 Å². The predicted molar refractivity (Wildman–Crippen MR) is 130 cm³/mol. The highest BCUT2D eigenvalue weighted by molar-refractivity contribution is 6.09. The number of fused-ring (bicyclic) bond motifs is 1. The molecule has 0 saturated carbocycles. The highest BCUT2D eigenvalue weighted by Gasteiger charge is 2.37. The molecule has 2 amide bonds. The van der Waals surface area contributed by atoms with Crippen molar-refractivity contribution >= 4 is 34.7 Å². The molecule has 0 fully saturated rings. The van der Waals surface area contributed by atoms with Crippen LogP contribution in [0.1, 0.15) is 35.6 Å². The number of Topliss-reactive ketones (excluding diaryl/α,β-unsaturated/α-hetero) is 1. The summed E-state index contributed by atoms with van der Waals surface area (Å²) in [6.07, 6.45) is 2.90. The number of aromatic nitrogens is 1. The van der Waals surface area contributed by atoms with E-state index in [2.05, 4.69) is 5.32 Å². The lowest BCUT2D eigenvalue weighted by atomic mass is 10.0. The van der Waals surface area contributed by atoms with Crippen LogP contribution < -0.4 is 27.9 Å². The fraction of sp³-hybridized carbons (Fsp3) is 0.261. The molecule has 0 unspecified atom stereocenters. The smallest absolute Gasteiger partial charge is 0.410 e. The van der Waals surface area contributed by atoms with Gasteiger partial charge in [-0.1, -0.05) is 24.3 Å². The fourth-order valence-electron chi connectivity index (χ4n) is 4.15. The van der Waals surface area contributed by atoms with Crippen LogP contribution in [-0.4, -0.2) is 52.1 Å². The Labute approximate surface area is 202 Å². The van der Waals surface area contributed by atoms with Crippen LogP contribution in [0, 0.1) is 0 Å². The van der Waals surface area contributed by atoms with E-state index >= 15 is 0 Å². The van der Waals surface area contributed by atoms with E-state index in [1.807, 2.05) is 24.3 Å². The number of nitrogen functional groups attached to an aromatic ring is 1. The summed E-state index contributed by atoms with van der Waals surface area (Å²) in [4.78, 5) is 38.8. The molecule has 0 bridgehead atoms. The number of hydrazine groups is 2. The summed E-state index contributed by atoms with van der Waals surface area (Å²) in [6.45, 7) is 3.46. The van der Waals surface area contributed by atoms with Crippen molar-refractivity contribution in [3.8, 4) is 0 Å². The quantitative estimate of drug-likeness (QED) is 0.276. The zero-order chi connectivity index (χ0) is 25.3. The molecule has 7 N–H and O–H groups in total. The number of ketones is 1. The van der Waals surface area contributed by atoms with Gasteiger partial charge >= 0.3 is 6.09 Å². The number of rotatable bonds is 5. The molecule has 2 aliphatic heterocycles. The van der Waals surface area contributed by atoms with Gasteiger partial charge in [0.15, 0.2) is 5.78 Å². The van der Waals surface area contributed by atoms with E-state index in [1.165, 1.54) is 21.5 Å². The first-order valence-electron chi connectivity index (χ1n) is 11.0. The number of ether oxygens (including phenoxy) is 1. The summed E-state index contributed by atoms with van der Waals surface area (Å²) < 4.78 is 6.44. The Kier molecular flexibility index (Phi) is 6.49. The summed E-state index contributed by atoms with van der Waals surface area (Å²) >= 11 is 0. The van der Waals surface area contributed by atoms with Crippen molar-refractivity contribution in [2.45, 2.75) is 20.4 Å². The minimum Gasteiger partial charge on any atom is -0.450 e. The third-order valence-electron chi connectivity index (χ3n) is 5.81. The van der Waals surface area contributed by atoms with Crippen LogP contribution >= 0.6 is 0 Å². The van der Waals surface area contributed by atoms with Gasteiger partial charge in [-0.15, -0.1) is 0 Å². The molecular weight excluding hydrogens is 452 g/mol. The molecule has 12 nitrogen and oxygen atoms in total. The number of nitrogens with two attached hydrogens (primary N) is 3. The summed E-state index contributed by atoms with van der Waals surface area (Å²) in [7, 11) is 0. The Balaban J connectivity index is 1.89. The van der Waals surface area contributed by atoms with Crippen molar-refractivity contribution in [1.29, 1.82) is 0 Å². The SMILES string of the molecule is CCOC(=O)N1CC(=O)c2c(N(N)c3ccccc3)c(C3=CCNC(N(N)C(C)=O)=C3)n(N)c2C1. The molecule has 35 heavy (non-hydrogen) atoms. The van der Waals surface area contributed by atoms with Gasteiger partial charge in [-0.05, 0) is 25.1 Å². The molecule has 1 aromatic heterocycles. The lowest BCUT2D eigenvalue weighted by Gasteiger charge is -2.27. The van der Waals surface area contributed by atoms with Crippen LogP contribution in [0.5, 0.6) is 0 Å². The number of benzene rings is 1. The summed E-state index contributed by atoms with van der Waals surface area (Å²) in [6, 6.07) is 9.11. The maximum atomic E-state index is 13.4. The lowest BCUT2D eigenvalue weighted by molar-refractivity contribution is -0.127. The Morgan fingerprint density at radius 1 is 1.17 bits per heavy atom. The number of para-hydroxylation sites is 1. The number of nitrogens with one attached hydrogen (secondary N) is 1. The molecule has 1 aromatic carbocycles. The first-order chi connectivity index (χ1) is 16.7. The van der Waals surface area contributed by atoms with Gasteiger partial charge < -0.3 is 15.9 Å². The second kappa shape index (κ2) is 9.52. The van der Waals surface area contributed by atoms with E-state index in [-0.39, 0.29) is 31.4 Å². The van der Waals surface area contributed by atoms with E-state index in [1.54, 1.807) is 25.1 Å². The van der Waals surface area contributed by atoms with Gasteiger partial charge in [-0.3, -0.25) is 24.2 Å². The second-order valence-corrected chi connectivity index (χ2v) is 8.03. The topological polar surface area (TPSA) is 165 Å². The Hall–Kier alpha value is -4.29. The van der Waals surface area contributed by atoms with E-state index in [0.717, 1.165) is 5.01 Å². The molecule has 3 heterocycles. The summed E-state index contributed by atoms with van der Waals surface area (Å²) in [5, 5.41) is 5.43. The third kappa shape index (κ3) is 4.32. The molecule has 12 heteroatoms. The van der Waals surface area contributed by atoms with Gasteiger partial charge in [-0.25, -0.2) is 21.5 Å². The van der Waals surface area contributed by atoms with Crippen LogP contribution in [-0.2, 0) is 16.1 Å². The number of carbonyl (C=O) groups is 3. The Morgan fingerprint density at radius 3 is 2.54 bits per heavy atom. The zero-order valence-corrected chi connectivity index (χ0v) is 19.5. The van der Waals surface area contributed by atoms with Crippen molar-refractivity contribution in [3.05, 3.63) is 65.3 Å². The van der Waals surface area contributed by atoms with Crippen LogP contribution in [0.15, 0.2) is 48.3 Å². The third-order valence-corrected chi connectivity index (χ3v) is 5.81. The number of hydrogen-bond donors (Lipinski definition) is 4. The fourth-order valence-corrected chi connectivity index (χ4v) is 4.15. The minimum absolute atomic E-state index is 0.0601. The highest BCUT2D eigenvalue weighted by atomic mass is 16.6. The molecule has 4 rings (SSSR count). The van der Waals surface area contributed by atoms with Crippen LogP contribution in [0.25, 0.3) is 5.57 Å². The van der Waals surface area contributed by atoms with Gasteiger partial charge in [0, 0.05) is 19.0 Å². The van der Waals surface area contributed by atoms with Crippen molar-refractivity contribution < 1.29 is 19.1 Å². The number of nitrogens with zero attached hydrogens (tertiary/aromatic N) is 4. The van der Waals surface area contributed by atoms with Crippen molar-refractivity contribution in [2.24, 2.45) is 11.7 Å². The van der Waals surface area contributed by atoms with E-state index in [0.29, 0.717) is 46.3 Å². The van der Waals surface area contributed by atoms with Gasteiger partial charge in [0.25, 0.3) is 0 Å². The van der Waals surface area contributed by atoms with Gasteiger partial charge in [-0.2, -0.15) is 0 Å². The molecule has 2 aromatic rings. The largest absolute Gasteiger partial charge is 0.450 e. The number of allylic oxidation sites excluding steroid dienone is 2. The summed E-state index contributed by atoms with van der Waals surface area (Å²) in [5.74, 6) is 18.7. The standard InChI is InChI=1S/C23H28N8O4/c1-3-35-23(34)28-12-17-20(18(33)13-28)22(30(25)16-7-5-4-6-8-16)21(31(17)26)15-9-10-27-19(11-15)29(24)14(2)32/h4-9,11,27H,3,10,12-13,24-26H2,1-2H3. The Bertz CT molecular complexity index is 1230. The molecule has 0 atom stereocenters. The first kappa shape index (κ1) is 23.9. The van der Waals surface area contributed by atoms with Crippen LogP contribution in [0.2, 0.25) is 0 Å². The number of anilines is 2. The molecule has 184 valence electrons. The minimum atomic E-state index is -0.605. The van der Waals surface area contributed by atoms with E-state index in [9.17, 15) is 14.4 Å². The normalized spacial score (nSPS) is 15.0. The van der Waals surface area contributed by atoms with Crippen LogP contribution in [0.4, 0.5) is 16.2 Å². The average molecular weight is 481 g/mol. The lowest BCUT2D eigenvalue weighted by Crippen LogP contribution is -2.41. The van der Waals surface area contributed by atoms with Gasteiger partial charge in [0.2, 0.25) is 5.91 Å². The van der Waals surface area contributed by atoms with Gasteiger partial charge in [0.1, 0.15) is 5.82 Å². The monoisotopic (exact) mass is 480 g/mol. The molecule has 2 aliphatic rings. The number of hydrogen-bond acceptors (Lipinski definition) is 9. The Morgan fingerprint density at radius 2 is 1.89 bits per heavy atom. The average Bonchev–Trinajstić information content (AvgIpc) is 3.16. The number of amides is 2. The van der Waals surface area contributed by atoms with E-state index < -0.39 is 6.09 Å². The maximum absolute atomic E-state index is 13.4. The molecule has 0 radical (unpaired) electrons. The maximum Gasteiger partial charge on any atom is 0.410 e. The molecule has 0 saturated heterocycles. The zero-order valence-electron chi connectivity index (χ0n) is 19.5. The number of carbonyl (C=O) groups excluding carboxylic acids is 3. The summed E-state index contributed by atoms with van der Waals surface area (Å²) in [5.41, 5.74) is 2.79. The molecular formula is C23H28N8O4. The highest BCUT2D eigenvalue weighted by Crippen LogP contribution is 2.40. The molecule has 0 spiro atoms. The van der Waals surface area contributed by atoms with Crippen molar-refractivity contribution in [3.63, 3.8) is 0 Å². The second-order valence-electron chi connectivity index (χ2n) is 8.03.